The van der Waals surface area contributed by atoms with Gasteiger partial charge in [0.2, 0.25) is 10.0 Å². The Hall–Kier alpha value is -3.67. The van der Waals surface area contributed by atoms with Gasteiger partial charge in [0.25, 0.3) is 15.9 Å². The predicted molar refractivity (Wildman–Crippen MR) is 142 cm³/mol. The number of carbonyl (C=O) groups excluding carboxylic acids is 1. The first kappa shape index (κ1) is 26.4. The zero-order chi connectivity index (χ0) is 26.5. The van der Waals surface area contributed by atoms with E-state index in [0.717, 1.165) is 5.56 Å². The zero-order valence-corrected chi connectivity index (χ0v) is 21.8. The van der Waals surface area contributed by atoms with Crippen molar-refractivity contribution in [2.45, 2.75) is 4.90 Å². The van der Waals surface area contributed by atoms with Crippen molar-refractivity contribution in [3.05, 3.63) is 95.4 Å². The summed E-state index contributed by atoms with van der Waals surface area (Å²) in [6.07, 6.45) is 1.55. The van der Waals surface area contributed by atoms with E-state index in [2.05, 4.69) is 4.72 Å². The number of rotatable bonds is 8. The van der Waals surface area contributed by atoms with E-state index >= 15 is 0 Å². The van der Waals surface area contributed by atoms with Gasteiger partial charge in [0.05, 0.1) is 12.0 Å². The number of hydrogen-bond donors (Lipinski definition) is 1. The maximum Gasteiger partial charge on any atom is 0.261 e. The summed E-state index contributed by atoms with van der Waals surface area (Å²) in [5.41, 5.74) is 1.49. The van der Waals surface area contributed by atoms with Crippen LogP contribution in [-0.4, -0.2) is 65.2 Å². The molecule has 1 aliphatic heterocycles. The third kappa shape index (κ3) is 6.56. The first-order valence-electron chi connectivity index (χ1n) is 11.5. The minimum absolute atomic E-state index is 0.0148. The molecule has 1 N–H and O–H groups in total. The Kier molecular flexibility index (Phi) is 7.96. The number of nitrogens with one attached hydrogen (secondary N) is 1. The standard InChI is InChI=1S/C26H27N3O6S2/c1-35-24-11-9-23(10-12-24)27-37(33,34)25-13-7-22(8-14-25)26(30)28-16-18-29(19-17-28)36(31,32)20-15-21-5-3-2-4-6-21/h2-15,20,27H,16-19H2,1H3/b20-15+. The molecule has 0 radical (unpaired) electrons. The van der Waals surface area contributed by atoms with Crippen LogP contribution < -0.4 is 9.46 Å². The van der Waals surface area contributed by atoms with E-state index in [4.69, 9.17) is 4.74 Å². The number of sulfonamides is 2. The molecule has 37 heavy (non-hydrogen) atoms. The second-order valence-corrected chi connectivity index (χ2v) is 11.8. The van der Waals surface area contributed by atoms with Crippen LogP contribution in [0.25, 0.3) is 6.08 Å². The highest BCUT2D eigenvalue weighted by atomic mass is 32.2. The molecular formula is C26H27N3O6S2. The molecule has 0 spiro atoms. The van der Waals surface area contributed by atoms with Gasteiger partial charge in [0, 0.05) is 42.8 Å². The number of amides is 1. The molecule has 1 fully saturated rings. The number of methoxy groups -OCH3 is 1. The molecule has 11 heteroatoms. The fourth-order valence-corrected chi connectivity index (χ4v) is 6.02. The van der Waals surface area contributed by atoms with Crippen molar-refractivity contribution in [3.8, 4) is 5.75 Å². The molecule has 0 unspecified atom stereocenters. The highest BCUT2D eigenvalue weighted by molar-refractivity contribution is 7.92. The molecule has 0 aliphatic carbocycles. The molecule has 0 saturated carbocycles. The van der Waals surface area contributed by atoms with Crippen molar-refractivity contribution in [1.29, 1.82) is 0 Å². The topological polar surface area (TPSA) is 113 Å². The molecule has 3 aromatic rings. The lowest BCUT2D eigenvalue weighted by atomic mass is 10.2. The maximum absolute atomic E-state index is 12.9. The van der Waals surface area contributed by atoms with Crippen LogP contribution in [0.15, 0.2) is 89.2 Å². The van der Waals surface area contributed by atoms with E-state index in [1.54, 1.807) is 35.2 Å². The number of carbonyl (C=O) groups is 1. The summed E-state index contributed by atoms with van der Waals surface area (Å²) in [7, 11) is -5.94. The fraction of sp³-hybridized carbons (Fsp3) is 0.192. The Morgan fingerprint density at radius 1 is 0.838 bits per heavy atom. The Morgan fingerprint density at radius 2 is 1.46 bits per heavy atom. The summed E-state index contributed by atoms with van der Waals surface area (Å²) in [5.74, 6) is 0.317. The lowest BCUT2D eigenvalue weighted by Gasteiger charge is -2.33. The van der Waals surface area contributed by atoms with Crippen molar-refractivity contribution in [2.75, 3.05) is 38.0 Å². The van der Waals surface area contributed by atoms with Crippen LogP contribution in [-0.2, 0) is 20.0 Å². The van der Waals surface area contributed by atoms with Gasteiger partial charge in [-0.3, -0.25) is 9.52 Å². The monoisotopic (exact) mass is 541 g/mol. The van der Waals surface area contributed by atoms with E-state index in [9.17, 15) is 21.6 Å². The van der Waals surface area contributed by atoms with Gasteiger partial charge in [-0.1, -0.05) is 30.3 Å². The number of benzene rings is 3. The van der Waals surface area contributed by atoms with Crippen molar-refractivity contribution in [2.24, 2.45) is 0 Å². The first-order valence-corrected chi connectivity index (χ1v) is 14.5. The molecule has 0 bridgehead atoms. The van der Waals surface area contributed by atoms with Crippen molar-refractivity contribution >= 4 is 37.7 Å². The van der Waals surface area contributed by atoms with Crippen LogP contribution in [0, 0.1) is 0 Å². The van der Waals surface area contributed by atoms with Crippen LogP contribution in [0.3, 0.4) is 0 Å². The summed E-state index contributed by atoms with van der Waals surface area (Å²) in [6.45, 7) is 0.809. The highest BCUT2D eigenvalue weighted by Crippen LogP contribution is 2.20. The van der Waals surface area contributed by atoms with Gasteiger partial charge in [-0.05, 0) is 60.2 Å². The number of ether oxygens (including phenoxy) is 1. The quantitative estimate of drug-likeness (QED) is 0.469. The molecule has 1 heterocycles. The van der Waals surface area contributed by atoms with E-state index < -0.39 is 20.0 Å². The zero-order valence-electron chi connectivity index (χ0n) is 20.1. The second-order valence-electron chi connectivity index (χ2n) is 8.31. The van der Waals surface area contributed by atoms with Gasteiger partial charge >= 0.3 is 0 Å². The SMILES string of the molecule is COc1ccc(NS(=O)(=O)c2ccc(C(=O)N3CCN(S(=O)(=O)/C=C/c4ccccc4)CC3)cc2)cc1. The predicted octanol–water partition coefficient (Wildman–Crippen LogP) is 3.25. The fourth-order valence-electron chi connectivity index (χ4n) is 3.79. The van der Waals surface area contributed by atoms with Gasteiger partial charge in [0.1, 0.15) is 5.75 Å². The van der Waals surface area contributed by atoms with E-state index in [1.165, 1.54) is 41.1 Å². The van der Waals surface area contributed by atoms with Crippen LogP contribution in [0.2, 0.25) is 0 Å². The minimum atomic E-state index is -3.85. The maximum atomic E-state index is 12.9. The second kappa shape index (κ2) is 11.2. The number of hydrogen-bond acceptors (Lipinski definition) is 6. The first-order chi connectivity index (χ1) is 17.7. The summed E-state index contributed by atoms with van der Waals surface area (Å²) in [4.78, 5) is 14.5. The summed E-state index contributed by atoms with van der Waals surface area (Å²) in [6, 6.07) is 21.3. The molecule has 3 aromatic carbocycles. The Balaban J connectivity index is 1.36. The highest BCUT2D eigenvalue weighted by Gasteiger charge is 2.28. The number of piperazine rings is 1. The Bertz CT molecular complexity index is 1460. The summed E-state index contributed by atoms with van der Waals surface area (Å²) < 4.78 is 59.7. The molecule has 1 aliphatic rings. The van der Waals surface area contributed by atoms with Gasteiger partial charge in [-0.2, -0.15) is 4.31 Å². The Morgan fingerprint density at radius 3 is 2.05 bits per heavy atom. The Labute approximate surface area is 217 Å². The number of nitrogens with zero attached hydrogens (tertiary/aromatic N) is 2. The van der Waals surface area contributed by atoms with E-state index in [1.807, 2.05) is 30.3 Å². The van der Waals surface area contributed by atoms with Crippen molar-refractivity contribution in [3.63, 3.8) is 0 Å². The third-order valence-electron chi connectivity index (χ3n) is 5.87. The molecule has 194 valence electrons. The molecule has 4 rings (SSSR count). The minimum Gasteiger partial charge on any atom is -0.497 e. The van der Waals surface area contributed by atoms with Crippen molar-refractivity contribution in [1.82, 2.24) is 9.21 Å². The molecular weight excluding hydrogens is 514 g/mol. The molecule has 1 amide bonds. The largest absolute Gasteiger partial charge is 0.497 e. The van der Waals surface area contributed by atoms with Crippen molar-refractivity contribution < 1.29 is 26.4 Å². The molecule has 0 atom stereocenters. The molecule has 9 nitrogen and oxygen atoms in total. The van der Waals surface area contributed by atoms with Gasteiger partial charge in [-0.25, -0.2) is 16.8 Å². The molecule has 1 saturated heterocycles. The lowest BCUT2D eigenvalue weighted by molar-refractivity contribution is 0.0698. The van der Waals surface area contributed by atoms with Crippen LogP contribution in [0.5, 0.6) is 5.75 Å². The normalized spacial score (nSPS) is 15.0. The smallest absolute Gasteiger partial charge is 0.261 e. The van der Waals surface area contributed by atoms with Gasteiger partial charge < -0.3 is 9.64 Å². The van der Waals surface area contributed by atoms with Gasteiger partial charge in [0.15, 0.2) is 0 Å². The average Bonchev–Trinajstić information content (AvgIpc) is 2.92. The van der Waals surface area contributed by atoms with Crippen LogP contribution in [0.4, 0.5) is 5.69 Å². The van der Waals surface area contributed by atoms with Gasteiger partial charge in [-0.15, -0.1) is 0 Å². The number of anilines is 1. The summed E-state index contributed by atoms with van der Waals surface area (Å²) >= 11 is 0. The van der Waals surface area contributed by atoms with Crippen LogP contribution in [0.1, 0.15) is 15.9 Å². The van der Waals surface area contributed by atoms with E-state index in [0.29, 0.717) is 17.0 Å². The van der Waals surface area contributed by atoms with E-state index in [-0.39, 0.29) is 37.0 Å². The third-order valence-corrected chi connectivity index (χ3v) is 8.83. The molecule has 0 aromatic heterocycles. The van der Waals surface area contributed by atoms with Crippen LogP contribution >= 0.6 is 0 Å². The average molecular weight is 542 g/mol. The summed E-state index contributed by atoms with van der Waals surface area (Å²) in [5, 5.41) is 1.18. The lowest BCUT2D eigenvalue weighted by Crippen LogP contribution is -2.50.